The summed E-state index contributed by atoms with van der Waals surface area (Å²) in [5, 5.41) is 6.58. The van der Waals surface area contributed by atoms with Crippen LogP contribution in [0.25, 0.3) is 0 Å². The summed E-state index contributed by atoms with van der Waals surface area (Å²) in [4.78, 5) is 6.80. The maximum Gasteiger partial charge on any atom is 0.191 e. The Kier molecular flexibility index (Phi) is 7.80. The first-order chi connectivity index (χ1) is 10.6. The zero-order valence-corrected chi connectivity index (χ0v) is 18.6. The standard InChI is InChI=1S/C16H32N4O2S.HI/c1-12-10-13(11-20(12)14-6-7-14)19-15(17-5)18-8-9-23(21,22)16(2,3)4;/h12-14H,6-11H2,1-5H3,(H2,17,18,19);1H. The minimum absolute atomic E-state index is 0. The molecule has 8 heteroatoms. The summed E-state index contributed by atoms with van der Waals surface area (Å²) < 4.78 is 23.5. The van der Waals surface area contributed by atoms with Crippen molar-refractivity contribution in [2.75, 3.05) is 25.9 Å². The van der Waals surface area contributed by atoms with E-state index in [9.17, 15) is 8.42 Å². The molecule has 2 unspecified atom stereocenters. The summed E-state index contributed by atoms with van der Waals surface area (Å²) in [5.41, 5.74) is 0. The Morgan fingerprint density at radius 1 is 1.29 bits per heavy atom. The summed E-state index contributed by atoms with van der Waals surface area (Å²) in [6.45, 7) is 8.93. The molecule has 1 saturated carbocycles. The van der Waals surface area contributed by atoms with Gasteiger partial charge in [-0.1, -0.05) is 0 Å². The third-order valence-corrected chi connectivity index (χ3v) is 7.41. The molecule has 0 radical (unpaired) electrons. The summed E-state index contributed by atoms with van der Waals surface area (Å²) in [7, 11) is -1.38. The Labute approximate surface area is 164 Å². The van der Waals surface area contributed by atoms with E-state index < -0.39 is 14.6 Å². The fourth-order valence-electron chi connectivity index (χ4n) is 3.07. The maximum atomic E-state index is 12.1. The van der Waals surface area contributed by atoms with E-state index in [1.807, 2.05) is 0 Å². The number of likely N-dealkylation sites (tertiary alicyclic amines) is 1. The van der Waals surface area contributed by atoms with Crippen molar-refractivity contribution in [1.29, 1.82) is 0 Å². The lowest BCUT2D eigenvalue weighted by atomic mass is 10.2. The molecule has 0 spiro atoms. The number of nitrogens with one attached hydrogen (secondary N) is 2. The number of sulfone groups is 1. The van der Waals surface area contributed by atoms with Crippen molar-refractivity contribution < 1.29 is 8.42 Å². The van der Waals surface area contributed by atoms with Gasteiger partial charge in [0.25, 0.3) is 0 Å². The lowest BCUT2D eigenvalue weighted by Crippen LogP contribution is -2.46. The summed E-state index contributed by atoms with van der Waals surface area (Å²) in [5.74, 6) is 0.816. The summed E-state index contributed by atoms with van der Waals surface area (Å²) in [6.07, 6.45) is 3.76. The van der Waals surface area contributed by atoms with Gasteiger partial charge in [0.15, 0.2) is 15.8 Å². The van der Waals surface area contributed by atoms with Crippen LogP contribution < -0.4 is 10.6 Å². The maximum absolute atomic E-state index is 12.1. The molecule has 1 aliphatic heterocycles. The van der Waals surface area contributed by atoms with Gasteiger partial charge in [0.1, 0.15) is 0 Å². The smallest absolute Gasteiger partial charge is 0.191 e. The molecule has 1 saturated heterocycles. The van der Waals surface area contributed by atoms with Crippen LogP contribution in [0.5, 0.6) is 0 Å². The second-order valence-electron chi connectivity index (χ2n) is 7.78. The minimum Gasteiger partial charge on any atom is -0.355 e. The molecule has 142 valence electrons. The Bertz CT molecular complexity index is 541. The average Bonchev–Trinajstić information content (AvgIpc) is 3.20. The second-order valence-corrected chi connectivity index (χ2v) is 10.6. The quantitative estimate of drug-likeness (QED) is 0.362. The van der Waals surface area contributed by atoms with Gasteiger partial charge in [-0.15, -0.1) is 24.0 Å². The Balaban J connectivity index is 0.00000288. The van der Waals surface area contributed by atoms with E-state index >= 15 is 0 Å². The molecule has 6 nitrogen and oxygen atoms in total. The average molecular weight is 472 g/mol. The van der Waals surface area contributed by atoms with Gasteiger partial charge < -0.3 is 10.6 Å². The van der Waals surface area contributed by atoms with Gasteiger partial charge in [-0.25, -0.2) is 8.42 Å². The Morgan fingerprint density at radius 2 is 1.92 bits per heavy atom. The topological polar surface area (TPSA) is 73.8 Å². The predicted molar refractivity (Wildman–Crippen MR) is 111 cm³/mol. The van der Waals surface area contributed by atoms with Gasteiger partial charge in [-0.2, -0.15) is 0 Å². The van der Waals surface area contributed by atoms with Crippen LogP contribution >= 0.6 is 24.0 Å². The van der Waals surface area contributed by atoms with Crippen molar-refractivity contribution in [2.24, 2.45) is 4.99 Å². The van der Waals surface area contributed by atoms with E-state index in [0.29, 0.717) is 24.6 Å². The first-order valence-corrected chi connectivity index (χ1v) is 10.2. The van der Waals surface area contributed by atoms with Crippen molar-refractivity contribution in [2.45, 2.75) is 69.8 Å². The second kappa shape index (κ2) is 8.53. The molecule has 2 aliphatic rings. The normalized spacial score (nSPS) is 26.1. The van der Waals surface area contributed by atoms with Gasteiger partial charge in [0.2, 0.25) is 0 Å². The molecule has 24 heavy (non-hydrogen) atoms. The number of hydrogen-bond donors (Lipinski definition) is 2. The molecule has 2 N–H and O–H groups in total. The SMILES string of the molecule is CN=C(NCCS(=O)(=O)C(C)(C)C)NC1CC(C)N(C2CC2)C1.I. The number of guanidine groups is 1. The van der Waals surface area contributed by atoms with E-state index in [1.165, 1.54) is 12.8 Å². The van der Waals surface area contributed by atoms with Gasteiger partial charge in [-0.3, -0.25) is 9.89 Å². The van der Waals surface area contributed by atoms with Crippen LogP contribution in [0.2, 0.25) is 0 Å². The van der Waals surface area contributed by atoms with Gasteiger partial charge in [0, 0.05) is 38.3 Å². The van der Waals surface area contributed by atoms with E-state index in [-0.39, 0.29) is 29.7 Å². The van der Waals surface area contributed by atoms with Crippen LogP contribution in [0.4, 0.5) is 0 Å². The van der Waals surface area contributed by atoms with E-state index in [1.54, 1.807) is 27.8 Å². The molecular weight excluding hydrogens is 439 g/mol. The lowest BCUT2D eigenvalue weighted by molar-refractivity contribution is 0.256. The summed E-state index contributed by atoms with van der Waals surface area (Å²) in [6, 6.07) is 1.78. The minimum atomic E-state index is -3.10. The molecule has 2 rings (SSSR count). The zero-order chi connectivity index (χ0) is 17.3. The van der Waals surface area contributed by atoms with Crippen molar-refractivity contribution in [3.05, 3.63) is 0 Å². The van der Waals surface area contributed by atoms with Crippen LogP contribution in [0.3, 0.4) is 0 Å². The van der Waals surface area contributed by atoms with Crippen LogP contribution in [-0.4, -0.2) is 68.0 Å². The van der Waals surface area contributed by atoms with Gasteiger partial charge in [-0.05, 0) is 47.0 Å². The molecule has 0 bridgehead atoms. The zero-order valence-electron chi connectivity index (χ0n) is 15.5. The van der Waals surface area contributed by atoms with E-state index in [4.69, 9.17) is 0 Å². The van der Waals surface area contributed by atoms with Crippen LogP contribution in [0.15, 0.2) is 4.99 Å². The fourth-order valence-corrected chi connectivity index (χ4v) is 4.06. The largest absolute Gasteiger partial charge is 0.355 e. The third-order valence-electron chi connectivity index (χ3n) is 4.80. The molecule has 0 amide bonds. The molecule has 2 atom stereocenters. The van der Waals surface area contributed by atoms with Crippen molar-refractivity contribution in [3.8, 4) is 0 Å². The van der Waals surface area contributed by atoms with Crippen LogP contribution in [-0.2, 0) is 9.84 Å². The number of nitrogens with zero attached hydrogens (tertiary/aromatic N) is 2. The molecule has 2 fully saturated rings. The van der Waals surface area contributed by atoms with Crippen molar-refractivity contribution in [1.82, 2.24) is 15.5 Å². The van der Waals surface area contributed by atoms with Crippen LogP contribution in [0, 0.1) is 0 Å². The fraction of sp³-hybridized carbons (Fsp3) is 0.938. The van der Waals surface area contributed by atoms with Gasteiger partial charge >= 0.3 is 0 Å². The number of rotatable bonds is 5. The first kappa shape index (κ1) is 22.0. The highest BCUT2D eigenvalue weighted by Crippen LogP contribution is 2.33. The monoisotopic (exact) mass is 472 g/mol. The molecule has 1 aliphatic carbocycles. The molecule has 0 aromatic heterocycles. The number of aliphatic imine (C=N–C) groups is 1. The summed E-state index contributed by atoms with van der Waals surface area (Å²) >= 11 is 0. The molecule has 1 heterocycles. The highest BCUT2D eigenvalue weighted by molar-refractivity contribution is 14.0. The Hall–Kier alpha value is -0.0900. The predicted octanol–water partition coefficient (Wildman–Crippen LogP) is 1.61. The highest BCUT2D eigenvalue weighted by atomic mass is 127. The molecular formula is C16H33IN4O2S. The van der Waals surface area contributed by atoms with E-state index in [0.717, 1.165) is 19.0 Å². The van der Waals surface area contributed by atoms with Crippen molar-refractivity contribution in [3.63, 3.8) is 0 Å². The Morgan fingerprint density at radius 3 is 2.42 bits per heavy atom. The van der Waals surface area contributed by atoms with E-state index in [2.05, 4.69) is 27.4 Å². The van der Waals surface area contributed by atoms with Gasteiger partial charge in [0.05, 0.1) is 10.5 Å². The first-order valence-electron chi connectivity index (χ1n) is 8.59. The third kappa shape index (κ3) is 5.72. The lowest BCUT2D eigenvalue weighted by Gasteiger charge is -2.21. The van der Waals surface area contributed by atoms with Crippen molar-refractivity contribution >= 4 is 39.8 Å². The number of halogens is 1. The molecule has 0 aromatic rings. The highest BCUT2D eigenvalue weighted by Gasteiger charge is 2.39. The number of hydrogen-bond acceptors (Lipinski definition) is 4. The molecule has 0 aromatic carbocycles. The van der Waals surface area contributed by atoms with Crippen LogP contribution in [0.1, 0.15) is 47.0 Å².